The average molecular weight is 251 g/mol. The largest absolute Gasteiger partial charge is 0.374 e. The molecule has 1 fully saturated rings. The van der Waals surface area contributed by atoms with Crippen LogP contribution in [-0.2, 0) is 4.74 Å². The van der Waals surface area contributed by atoms with Gasteiger partial charge in [-0.15, -0.1) is 11.8 Å². The van der Waals surface area contributed by atoms with Gasteiger partial charge in [0.05, 0.1) is 5.60 Å². The van der Waals surface area contributed by atoms with E-state index in [9.17, 15) is 0 Å². The minimum atomic E-state index is 0.0471. The van der Waals surface area contributed by atoms with Gasteiger partial charge in [0.2, 0.25) is 0 Å². The van der Waals surface area contributed by atoms with Crippen molar-refractivity contribution in [1.82, 2.24) is 5.32 Å². The van der Waals surface area contributed by atoms with Gasteiger partial charge in [0.15, 0.2) is 0 Å². The van der Waals surface area contributed by atoms with Crippen molar-refractivity contribution in [1.29, 1.82) is 0 Å². The number of hydrogen-bond donors (Lipinski definition) is 1. The summed E-state index contributed by atoms with van der Waals surface area (Å²) >= 11 is 0. The molecule has 0 aromatic heterocycles. The minimum absolute atomic E-state index is 0.0471. The van der Waals surface area contributed by atoms with Crippen molar-refractivity contribution in [3.8, 4) is 11.8 Å². The van der Waals surface area contributed by atoms with Crippen LogP contribution in [0.25, 0.3) is 0 Å². The van der Waals surface area contributed by atoms with Crippen LogP contribution in [0.1, 0.15) is 59.3 Å². The monoisotopic (exact) mass is 251 g/mol. The van der Waals surface area contributed by atoms with Crippen LogP contribution in [0.5, 0.6) is 0 Å². The summed E-state index contributed by atoms with van der Waals surface area (Å²) in [6.07, 6.45) is 7.01. The minimum Gasteiger partial charge on any atom is -0.374 e. The number of rotatable bonds is 6. The van der Waals surface area contributed by atoms with E-state index in [1.807, 2.05) is 6.92 Å². The van der Waals surface area contributed by atoms with Gasteiger partial charge in [-0.25, -0.2) is 0 Å². The summed E-state index contributed by atoms with van der Waals surface area (Å²) in [5.41, 5.74) is 0.0471. The molecule has 1 N–H and O–H groups in total. The summed E-state index contributed by atoms with van der Waals surface area (Å²) in [6, 6.07) is 0.436. The third-order valence-corrected chi connectivity index (χ3v) is 4.27. The highest BCUT2D eigenvalue weighted by Gasteiger charge is 2.40. The molecule has 0 aromatic carbocycles. The van der Waals surface area contributed by atoms with Crippen LogP contribution in [0.3, 0.4) is 0 Å². The molecule has 0 aromatic rings. The van der Waals surface area contributed by atoms with Crippen LogP contribution in [0, 0.1) is 17.8 Å². The maximum absolute atomic E-state index is 6.19. The molecule has 1 aliphatic rings. The molecule has 1 aliphatic carbocycles. The quantitative estimate of drug-likeness (QED) is 0.731. The van der Waals surface area contributed by atoms with E-state index in [0.29, 0.717) is 6.04 Å². The predicted molar refractivity (Wildman–Crippen MR) is 77.5 cm³/mol. The van der Waals surface area contributed by atoms with Gasteiger partial charge in [-0.1, -0.05) is 6.92 Å². The molecule has 1 unspecified atom stereocenters. The number of nitrogens with one attached hydrogen (secondary N) is 1. The Kier molecular flexibility index (Phi) is 6.75. The summed E-state index contributed by atoms with van der Waals surface area (Å²) in [4.78, 5) is 0. The average Bonchev–Trinajstić information content (AvgIpc) is 2.38. The number of likely N-dealkylation sites (N-methyl/N-ethyl adjacent to an activating group) is 1. The Labute approximate surface area is 113 Å². The van der Waals surface area contributed by atoms with E-state index in [4.69, 9.17) is 4.74 Å². The van der Waals surface area contributed by atoms with Gasteiger partial charge in [0, 0.05) is 19.1 Å². The van der Waals surface area contributed by atoms with Crippen LogP contribution in [0.4, 0.5) is 0 Å². The van der Waals surface area contributed by atoms with Gasteiger partial charge in [0.1, 0.15) is 0 Å². The second-order valence-corrected chi connectivity index (χ2v) is 5.49. The zero-order chi connectivity index (χ0) is 13.4. The summed E-state index contributed by atoms with van der Waals surface area (Å²) in [5, 5.41) is 3.48. The summed E-state index contributed by atoms with van der Waals surface area (Å²) in [5.74, 6) is 7.01. The van der Waals surface area contributed by atoms with Gasteiger partial charge >= 0.3 is 0 Å². The molecule has 0 bridgehead atoms. The van der Waals surface area contributed by atoms with Crippen molar-refractivity contribution in [3.05, 3.63) is 0 Å². The number of ether oxygens (including phenoxy) is 1. The van der Waals surface area contributed by atoms with E-state index in [2.05, 4.69) is 38.1 Å². The van der Waals surface area contributed by atoms with E-state index in [1.54, 1.807) is 0 Å². The van der Waals surface area contributed by atoms with Crippen molar-refractivity contribution in [3.63, 3.8) is 0 Å². The number of hydrogen-bond acceptors (Lipinski definition) is 2. The van der Waals surface area contributed by atoms with Crippen LogP contribution >= 0.6 is 0 Å². The lowest BCUT2D eigenvalue weighted by Crippen LogP contribution is -2.53. The van der Waals surface area contributed by atoms with Crippen LogP contribution < -0.4 is 5.32 Å². The Morgan fingerprint density at radius 1 is 1.39 bits per heavy atom. The first kappa shape index (κ1) is 15.5. The Balaban J connectivity index is 2.69. The maximum Gasteiger partial charge on any atom is 0.0835 e. The molecule has 0 heterocycles. The van der Waals surface area contributed by atoms with Crippen molar-refractivity contribution in [2.75, 3.05) is 13.7 Å². The molecular weight excluding hydrogens is 222 g/mol. The fourth-order valence-electron chi connectivity index (χ4n) is 3.14. The van der Waals surface area contributed by atoms with Crippen LogP contribution in [0.2, 0.25) is 0 Å². The summed E-state index contributed by atoms with van der Waals surface area (Å²) in [7, 11) is 2.06. The maximum atomic E-state index is 6.19. The van der Waals surface area contributed by atoms with E-state index in [-0.39, 0.29) is 5.60 Å². The topological polar surface area (TPSA) is 21.3 Å². The smallest absolute Gasteiger partial charge is 0.0835 e. The highest BCUT2D eigenvalue weighted by atomic mass is 16.5. The first-order valence-electron chi connectivity index (χ1n) is 7.39. The van der Waals surface area contributed by atoms with Gasteiger partial charge in [-0.05, 0) is 58.9 Å². The summed E-state index contributed by atoms with van der Waals surface area (Å²) in [6.45, 7) is 7.19. The molecule has 1 atom stereocenters. The Morgan fingerprint density at radius 2 is 2.06 bits per heavy atom. The molecule has 0 spiro atoms. The molecule has 0 amide bonds. The lowest BCUT2D eigenvalue weighted by atomic mass is 9.74. The second kappa shape index (κ2) is 7.81. The van der Waals surface area contributed by atoms with Crippen molar-refractivity contribution in [2.45, 2.75) is 70.9 Å². The van der Waals surface area contributed by atoms with Crippen molar-refractivity contribution in [2.24, 2.45) is 5.92 Å². The lowest BCUT2D eigenvalue weighted by Gasteiger charge is -2.44. The Bertz CT molecular complexity index is 281. The Morgan fingerprint density at radius 3 is 2.56 bits per heavy atom. The van der Waals surface area contributed by atoms with E-state index < -0.39 is 0 Å². The van der Waals surface area contributed by atoms with Gasteiger partial charge in [-0.3, -0.25) is 0 Å². The van der Waals surface area contributed by atoms with Gasteiger partial charge in [0.25, 0.3) is 0 Å². The molecular formula is C16H29NO. The SMILES string of the molecule is CC#CCCC(NC)C1(OCC)CCC(C)CC1. The zero-order valence-electron chi connectivity index (χ0n) is 12.5. The predicted octanol–water partition coefficient (Wildman–Crippen LogP) is 3.36. The fraction of sp³-hybridized carbons (Fsp3) is 0.875. The normalized spacial score (nSPS) is 29.4. The zero-order valence-corrected chi connectivity index (χ0v) is 12.5. The van der Waals surface area contributed by atoms with Crippen molar-refractivity contribution >= 4 is 0 Å². The fourth-order valence-corrected chi connectivity index (χ4v) is 3.14. The highest BCUT2D eigenvalue weighted by molar-refractivity contribution is 5.00. The summed E-state index contributed by atoms with van der Waals surface area (Å²) < 4.78 is 6.19. The molecule has 104 valence electrons. The van der Waals surface area contributed by atoms with Gasteiger partial charge in [-0.2, -0.15) is 0 Å². The molecule has 0 saturated heterocycles. The first-order valence-corrected chi connectivity index (χ1v) is 7.39. The van der Waals surface area contributed by atoms with E-state index >= 15 is 0 Å². The first-order chi connectivity index (χ1) is 8.68. The Hall–Kier alpha value is -0.520. The lowest BCUT2D eigenvalue weighted by molar-refractivity contribution is -0.0961. The molecule has 0 radical (unpaired) electrons. The molecule has 1 rings (SSSR count). The second-order valence-electron chi connectivity index (χ2n) is 5.49. The molecule has 0 aliphatic heterocycles. The van der Waals surface area contributed by atoms with E-state index in [1.165, 1.54) is 25.7 Å². The van der Waals surface area contributed by atoms with Crippen LogP contribution in [-0.4, -0.2) is 25.3 Å². The molecule has 1 saturated carbocycles. The van der Waals surface area contributed by atoms with E-state index in [0.717, 1.165) is 25.4 Å². The third-order valence-electron chi connectivity index (χ3n) is 4.27. The standard InChI is InChI=1S/C16H29NO/c1-5-7-8-9-15(17-4)16(18-6-2)12-10-14(3)11-13-16/h14-15,17H,6,8-13H2,1-4H3. The molecule has 18 heavy (non-hydrogen) atoms. The third kappa shape index (κ3) is 4.00. The molecule has 2 nitrogen and oxygen atoms in total. The highest BCUT2D eigenvalue weighted by Crippen LogP contribution is 2.38. The van der Waals surface area contributed by atoms with Crippen LogP contribution in [0.15, 0.2) is 0 Å². The molecule has 2 heteroatoms. The van der Waals surface area contributed by atoms with Crippen molar-refractivity contribution < 1.29 is 4.74 Å². The van der Waals surface area contributed by atoms with Gasteiger partial charge < -0.3 is 10.1 Å².